The molecule has 0 radical (unpaired) electrons. The molecule has 0 saturated heterocycles. The first-order valence-electron chi connectivity index (χ1n) is 6.04. The predicted molar refractivity (Wildman–Crippen MR) is 76.5 cm³/mol. The third-order valence-corrected chi connectivity index (χ3v) is 3.79. The van der Waals surface area contributed by atoms with Crippen molar-refractivity contribution in [3.8, 4) is 0 Å². The number of hydrogen-bond donors (Lipinski definition) is 3. The molecule has 20 heavy (non-hydrogen) atoms. The maximum atomic E-state index is 12.3. The minimum Gasteiger partial charge on any atom is -0.480 e. The Hall–Kier alpha value is -1.89. The average molecular weight is 341 g/mol. The number of pyridine rings is 1. The molecule has 0 spiro atoms. The number of rotatable bonds is 3. The quantitative estimate of drug-likeness (QED) is 0.577. The highest BCUT2D eigenvalue weighted by atomic mass is 79.9. The molecule has 1 heterocycles. The number of aromatic nitrogens is 1. The van der Waals surface area contributed by atoms with Crippen molar-refractivity contribution in [2.24, 2.45) is 5.41 Å². The summed E-state index contributed by atoms with van der Waals surface area (Å²) in [5.41, 5.74) is -1.96. The minimum atomic E-state index is -1.51. The Morgan fingerprint density at radius 1 is 1.40 bits per heavy atom. The van der Waals surface area contributed by atoms with Gasteiger partial charge in [0.2, 0.25) is 5.91 Å². The first-order valence-corrected chi connectivity index (χ1v) is 6.83. The lowest BCUT2D eigenvalue weighted by Crippen LogP contribution is -2.44. The first-order chi connectivity index (χ1) is 9.45. The molecule has 2 rings (SSSR count). The van der Waals surface area contributed by atoms with Gasteiger partial charge in [-0.1, -0.05) is 12.2 Å². The Labute approximate surface area is 123 Å². The number of carboxylic acids is 1. The van der Waals surface area contributed by atoms with Crippen LogP contribution in [0, 0.1) is 5.41 Å². The summed E-state index contributed by atoms with van der Waals surface area (Å²) in [7, 11) is 0. The van der Waals surface area contributed by atoms with Crippen LogP contribution in [0.25, 0.3) is 0 Å². The van der Waals surface area contributed by atoms with Gasteiger partial charge in [-0.3, -0.25) is 14.4 Å². The standard InChI is InChI=1S/C13H13BrN2O4/c14-8-6-9(10(17)15-7-8)16-11(18)13(12(19)20)4-2-1-3-5-13/h1-2,6-7H,3-5H2,(H,15,17)(H,16,18)(H,19,20). The number of amides is 1. The number of anilines is 1. The Balaban J connectivity index is 2.30. The van der Waals surface area contributed by atoms with Gasteiger partial charge < -0.3 is 15.4 Å². The second-order valence-corrected chi connectivity index (χ2v) is 5.53. The molecule has 1 aromatic heterocycles. The van der Waals surface area contributed by atoms with Crippen molar-refractivity contribution in [3.63, 3.8) is 0 Å². The molecule has 1 aromatic rings. The summed E-state index contributed by atoms with van der Waals surface area (Å²) in [6.45, 7) is 0. The molecular weight excluding hydrogens is 328 g/mol. The SMILES string of the molecule is O=C(O)C1(C(=O)Nc2cc(Br)c[nH]c2=O)CC=CCC1. The van der Waals surface area contributed by atoms with Crippen LogP contribution in [-0.4, -0.2) is 22.0 Å². The summed E-state index contributed by atoms with van der Waals surface area (Å²) in [4.78, 5) is 37.8. The van der Waals surface area contributed by atoms with Crippen LogP contribution in [0.4, 0.5) is 5.69 Å². The van der Waals surface area contributed by atoms with Gasteiger partial charge in [0, 0.05) is 10.7 Å². The number of aromatic amines is 1. The number of hydrogen-bond acceptors (Lipinski definition) is 3. The summed E-state index contributed by atoms with van der Waals surface area (Å²) in [6.07, 6.45) is 5.84. The van der Waals surface area contributed by atoms with Crippen LogP contribution in [-0.2, 0) is 9.59 Å². The van der Waals surface area contributed by atoms with Gasteiger partial charge in [-0.2, -0.15) is 0 Å². The van der Waals surface area contributed by atoms with E-state index in [1.165, 1.54) is 12.3 Å². The van der Waals surface area contributed by atoms with Crippen molar-refractivity contribution in [1.82, 2.24) is 4.98 Å². The van der Waals surface area contributed by atoms with E-state index in [1.807, 2.05) is 6.08 Å². The molecule has 0 fully saturated rings. The molecule has 3 N–H and O–H groups in total. The zero-order valence-electron chi connectivity index (χ0n) is 10.5. The number of halogens is 1. The van der Waals surface area contributed by atoms with E-state index >= 15 is 0 Å². The number of H-pyrrole nitrogens is 1. The fourth-order valence-corrected chi connectivity index (χ4v) is 2.47. The molecule has 0 aliphatic heterocycles. The van der Waals surface area contributed by atoms with E-state index in [0.717, 1.165) is 0 Å². The Morgan fingerprint density at radius 3 is 2.75 bits per heavy atom. The largest absolute Gasteiger partial charge is 0.480 e. The van der Waals surface area contributed by atoms with Gasteiger partial charge in [0.1, 0.15) is 11.1 Å². The average Bonchev–Trinajstić information content (AvgIpc) is 2.43. The summed E-state index contributed by atoms with van der Waals surface area (Å²) < 4.78 is 0.584. The highest BCUT2D eigenvalue weighted by Gasteiger charge is 2.45. The van der Waals surface area contributed by atoms with E-state index < -0.39 is 22.9 Å². The van der Waals surface area contributed by atoms with Gasteiger partial charge >= 0.3 is 5.97 Å². The van der Waals surface area contributed by atoms with Crippen molar-refractivity contribution >= 4 is 33.5 Å². The fourth-order valence-electron chi connectivity index (χ4n) is 2.12. The zero-order valence-corrected chi connectivity index (χ0v) is 12.1. The zero-order chi connectivity index (χ0) is 14.8. The van der Waals surface area contributed by atoms with Crippen LogP contribution in [0.3, 0.4) is 0 Å². The molecule has 6 nitrogen and oxygen atoms in total. The van der Waals surface area contributed by atoms with Crippen LogP contribution < -0.4 is 10.9 Å². The van der Waals surface area contributed by atoms with Crippen LogP contribution in [0.15, 0.2) is 33.7 Å². The summed E-state index contributed by atoms with van der Waals surface area (Å²) in [5, 5.41) is 11.8. The van der Waals surface area contributed by atoms with Crippen LogP contribution in [0.5, 0.6) is 0 Å². The lowest BCUT2D eigenvalue weighted by molar-refractivity contribution is -0.154. The molecule has 1 unspecified atom stereocenters. The lowest BCUT2D eigenvalue weighted by Gasteiger charge is -2.28. The molecule has 0 aromatic carbocycles. The van der Waals surface area contributed by atoms with Gasteiger partial charge in [0.05, 0.1) is 0 Å². The summed E-state index contributed by atoms with van der Waals surface area (Å²) in [5.74, 6) is -1.84. The van der Waals surface area contributed by atoms with Crippen LogP contribution in [0.1, 0.15) is 19.3 Å². The number of aliphatic carboxylic acids is 1. The molecule has 1 aliphatic carbocycles. The van der Waals surface area contributed by atoms with Crippen molar-refractivity contribution < 1.29 is 14.7 Å². The topological polar surface area (TPSA) is 99.3 Å². The second kappa shape index (κ2) is 5.62. The summed E-state index contributed by atoms with van der Waals surface area (Å²) in [6, 6.07) is 1.44. The van der Waals surface area contributed by atoms with E-state index in [2.05, 4.69) is 26.2 Å². The fraction of sp³-hybridized carbons (Fsp3) is 0.308. The number of carboxylic acid groups (broad SMARTS) is 1. The number of carbonyl (C=O) groups is 2. The van der Waals surface area contributed by atoms with E-state index in [0.29, 0.717) is 10.9 Å². The van der Waals surface area contributed by atoms with Crippen molar-refractivity contribution in [2.45, 2.75) is 19.3 Å². The van der Waals surface area contributed by atoms with Crippen LogP contribution >= 0.6 is 15.9 Å². The highest BCUT2D eigenvalue weighted by molar-refractivity contribution is 9.10. The normalized spacial score (nSPS) is 21.4. The maximum absolute atomic E-state index is 12.3. The van der Waals surface area contributed by atoms with Gasteiger partial charge in [-0.15, -0.1) is 0 Å². The molecule has 106 valence electrons. The monoisotopic (exact) mass is 340 g/mol. The number of nitrogens with one attached hydrogen (secondary N) is 2. The van der Waals surface area contributed by atoms with Gasteiger partial charge in [-0.05, 0) is 41.3 Å². The maximum Gasteiger partial charge on any atom is 0.319 e. The molecule has 1 aliphatic rings. The molecule has 0 saturated carbocycles. The van der Waals surface area contributed by atoms with Crippen molar-refractivity contribution in [3.05, 3.63) is 39.2 Å². The molecule has 7 heteroatoms. The smallest absolute Gasteiger partial charge is 0.319 e. The van der Waals surface area contributed by atoms with E-state index in [1.54, 1.807) is 6.08 Å². The molecule has 1 atom stereocenters. The molecule has 1 amide bonds. The van der Waals surface area contributed by atoms with E-state index in [-0.39, 0.29) is 18.5 Å². The Morgan fingerprint density at radius 2 is 2.15 bits per heavy atom. The minimum absolute atomic E-state index is 0.0274. The highest BCUT2D eigenvalue weighted by Crippen LogP contribution is 2.34. The van der Waals surface area contributed by atoms with Crippen LogP contribution in [0.2, 0.25) is 0 Å². The third-order valence-electron chi connectivity index (χ3n) is 3.33. The van der Waals surface area contributed by atoms with E-state index in [9.17, 15) is 19.5 Å². The van der Waals surface area contributed by atoms with Crippen molar-refractivity contribution in [2.75, 3.05) is 5.32 Å². The first kappa shape index (κ1) is 14.5. The Kier molecular flexibility index (Phi) is 4.08. The van der Waals surface area contributed by atoms with Gasteiger partial charge in [-0.25, -0.2) is 0 Å². The predicted octanol–water partition coefficient (Wildman–Crippen LogP) is 1.89. The number of carbonyl (C=O) groups excluding carboxylic acids is 1. The second-order valence-electron chi connectivity index (χ2n) is 4.62. The number of allylic oxidation sites excluding steroid dienone is 2. The van der Waals surface area contributed by atoms with E-state index in [4.69, 9.17) is 0 Å². The van der Waals surface area contributed by atoms with Crippen molar-refractivity contribution in [1.29, 1.82) is 0 Å². The summed E-state index contributed by atoms with van der Waals surface area (Å²) >= 11 is 3.18. The molecule has 0 bridgehead atoms. The van der Waals surface area contributed by atoms with Gasteiger partial charge in [0.25, 0.3) is 5.56 Å². The Bertz CT molecular complexity index is 638. The molecular formula is C13H13BrN2O4. The lowest BCUT2D eigenvalue weighted by atomic mass is 9.76. The third kappa shape index (κ3) is 2.67. The van der Waals surface area contributed by atoms with Gasteiger partial charge in [0.15, 0.2) is 0 Å².